The number of benzene rings is 2. The van der Waals surface area contributed by atoms with E-state index in [1.54, 1.807) is 7.11 Å². The van der Waals surface area contributed by atoms with Crippen LogP contribution >= 0.6 is 0 Å². The van der Waals surface area contributed by atoms with Crippen molar-refractivity contribution < 1.29 is 14.6 Å². The molecule has 172 valence electrons. The first kappa shape index (κ1) is 22.6. The zero-order chi connectivity index (χ0) is 22.2. The first-order valence-corrected chi connectivity index (χ1v) is 11.6. The lowest BCUT2D eigenvalue weighted by Gasteiger charge is -2.28. The van der Waals surface area contributed by atoms with E-state index in [1.165, 1.54) is 19.3 Å². The maximum absolute atomic E-state index is 10.4. The van der Waals surface area contributed by atoms with Crippen molar-refractivity contribution in [1.82, 2.24) is 20.2 Å². The number of aromatic nitrogens is 2. The van der Waals surface area contributed by atoms with E-state index in [9.17, 15) is 5.11 Å². The van der Waals surface area contributed by atoms with E-state index in [0.29, 0.717) is 18.0 Å². The normalized spacial score (nSPS) is 15.7. The van der Waals surface area contributed by atoms with Crippen molar-refractivity contribution in [1.29, 1.82) is 0 Å². The number of β-amino-alcohol motifs (C(OH)–C–C–N with tert-alkyl or cyclic N) is 1. The number of ether oxygens (including phenoxy) is 2. The number of fused-ring (bicyclic) bond motifs is 1. The quantitative estimate of drug-likeness (QED) is 0.399. The number of H-pyrrole nitrogens is 1. The van der Waals surface area contributed by atoms with Crippen LogP contribution < -0.4 is 14.8 Å². The minimum atomic E-state index is -0.511. The summed E-state index contributed by atoms with van der Waals surface area (Å²) in [4.78, 5) is 10.3. The molecule has 32 heavy (non-hydrogen) atoms. The molecular weight excluding hydrogens is 404 g/mol. The van der Waals surface area contributed by atoms with Gasteiger partial charge in [0.2, 0.25) is 0 Å². The molecule has 1 aliphatic rings. The van der Waals surface area contributed by atoms with Gasteiger partial charge in [0, 0.05) is 26.1 Å². The Bertz CT molecular complexity index is 951. The number of nitrogens with zero attached hydrogens (tertiary/aromatic N) is 2. The summed E-state index contributed by atoms with van der Waals surface area (Å²) in [5.74, 6) is 2.34. The van der Waals surface area contributed by atoms with Gasteiger partial charge in [-0.15, -0.1) is 0 Å². The fourth-order valence-electron chi connectivity index (χ4n) is 4.19. The standard InChI is InChI=1S/C25H34N4O3/c1-31-23-10-9-19(15-24(23)32-18-20(30)17-29-13-5-2-6-14-29)16-26-12-11-25-27-21-7-3-4-8-22(21)28-25/h3-4,7-10,15,20,26,30H,2,5-6,11-14,16-18H2,1H3,(H,27,28)/t20-/m0/s1. The van der Waals surface area contributed by atoms with E-state index < -0.39 is 6.10 Å². The van der Waals surface area contributed by atoms with Gasteiger partial charge in [0.25, 0.3) is 0 Å². The molecular formula is C25H34N4O3. The van der Waals surface area contributed by atoms with E-state index in [4.69, 9.17) is 9.47 Å². The van der Waals surface area contributed by atoms with Crippen LogP contribution in [0.15, 0.2) is 42.5 Å². The van der Waals surface area contributed by atoms with Gasteiger partial charge in [-0.2, -0.15) is 0 Å². The number of rotatable bonds is 11. The van der Waals surface area contributed by atoms with E-state index in [0.717, 1.165) is 55.0 Å². The highest BCUT2D eigenvalue weighted by Crippen LogP contribution is 2.28. The molecule has 0 spiro atoms. The molecule has 4 rings (SSSR count). The first-order chi connectivity index (χ1) is 15.7. The van der Waals surface area contributed by atoms with Crippen LogP contribution in [-0.4, -0.2) is 66.0 Å². The average molecular weight is 439 g/mol. The zero-order valence-corrected chi connectivity index (χ0v) is 18.8. The van der Waals surface area contributed by atoms with Crippen LogP contribution in [-0.2, 0) is 13.0 Å². The van der Waals surface area contributed by atoms with Gasteiger partial charge >= 0.3 is 0 Å². The van der Waals surface area contributed by atoms with Crippen LogP contribution in [0.2, 0.25) is 0 Å². The Morgan fingerprint density at radius 3 is 2.78 bits per heavy atom. The SMILES string of the molecule is COc1ccc(CNCCc2nc3ccccc3[nH]2)cc1OC[C@@H](O)CN1CCCCC1. The highest BCUT2D eigenvalue weighted by Gasteiger charge is 2.16. The number of aliphatic hydroxyl groups is 1. The third-order valence-electron chi connectivity index (χ3n) is 5.88. The maximum atomic E-state index is 10.4. The summed E-state index contributed by atoms with van der Waals surface area (Å²) in [6.45, 7) is 4.58. The highest BCUT2D eigenvalue weighted by atomic mass is 16.5. The predicted octanol–water partition coefficient (Wildman–Crippen LogP) is 3.13. The highest BCUT2D eigenvalue weighted by molar-refractivity contribution is 5.74. The summed E-state index contributed by atoms with van der Waals surface area (Å²) in [5, 5.41) is 13.9. The van der Waals surface area contributed by atoms with Crippen molar-refractivity contribution in [2.24, 2.45) is 0 Å². The lowest BCUT2D eigenvalue weighted by atomic mass is 10.1. The largest absolute Gasteiger partial charge is 0.493 e. The van der Waals surface area contributed by atoms with Crippen molar-refractivity contribution in [2.45, 2.75) is 38.3 Å². The second-order valence-corrected chi connectivity index (χ2v) is 8.44. The van der Waals surface area contributed by atoms with E-state index in [-0.39, 0.29) is 6.61 Å². The molecule has 0 saturated carbocycles. The molecule has 1 fully saturated rings. The smallest absolute Gasteiger partial charge is 0.161 e. The maximum Gasteiger partial charge on any atom is 0.161 e. The van der Waals surface area contributed by atoms with Crippen LogP contribution in [0, 0.1) is 0 Å². The van der Waals surface area contributed by atoms with Gasteiger partial charge in [0.15, 0.2) is 11.5 Å². The second kappa shape index (κ2) is 11.3. The summed E-state index contributed by atoms with van der Waals surface area (Å²) < 4.78 is 11.4. The second-order valence-electron chi connectivity index (χ2n) is 8.44. The van der Waals surface area contributed by atoms with Crippen LogP contribution in [0.4, 0.5) is 0 Å². The summed E-state index contributed by atoms with van der Waals surface area (Å²) in [6, 6.07) is 14.0. The molecule has 0 aliphatic carbocycles. The minimum absolute atomic E-state index is 0.260. The third-order valence-corrected chi connectivity index (χ3v) is 5.88. The van der Waals surface area contributed by atoms with Crippen molar-refractivity contribution in [3.05, 3.63) is 53.9 Å². The van der Waals surface area contributed by atoms with Gasteiger partial charge in [0.1, 0.15) is 18.5 Å². The van der Waals surface area contributed by atoms with Crippen LogP contribution in [0.5, 0.6) is 11.5 Å². The monoisotopic (exact) mass is 438 g/mol. The number of imidazole rings is 1. The first-order valence-electron chi connectivity index (χ1n) is 11.6. The molecule has 0 radical (unpaired) electrons. The summed E-state index contributed by atoms with van der Waals surface area (Å²) >= 11 is 0. The molecule has 1 atom stereocenters. The number of aromatic amines is 1. The van der Waals surface area contributed by atoms with E-state index >= 15 is 0 Å². The summed E-state index contributed by atoms with van der Waals surface area (Å²) in [7, 11) is 1.64. The van der Waals surface area contributed by atoms with Crippen molar-refractivity contribution in [2.75, 3.05) is 39.9 Å². The Hall–Kier alpha value is -2.61. The number of likely N-dealkylation sites (tertiary alicyclic amines) is 1. The number of hydrogen-bond acceptors (Lipinski definition) is 6. The van der Waals surface area contributed by atoms with Crippen LogP contribution in [0.3, 0.4) is 0 Å². The van der Waals surface area contributed by atoms with Crippen LogP contribution in [0.25, 0.3) is 11.0 Å². The average Bonchev–Trinajstić information content (AvgIpc) is 3.24. The van der Waals surface area contributed by atoms with Crippen molar-refractivity contribution in [3.8, 4) is 11.5 Å². The predicted molar refractivity (Wildman–Crippen MR) is 126 cm³/mol. The van der Waals surface area contributed by atoms with Crippen molar-refractivity contribution >= 4 is 11.0 Å². The molecule has 1 aromatic heterocycles. The van der Waals surface area contributed by atoms with Gasteiger partial charge in [-0.25, -0.2) is 4.98 Å². The summed E-state index contributed by atoms with van der Waals surface area (Å²) in [5.41, 5.74) is 3.18. The Balaban J connectivity index is 1.25. The number of hydrogen-bond donors (Lipinski definition) is 3. The summed E-state index contributed by atoms with van der Waals surface area (Å²) in [6.07, 6.45) is 4.04. The van der Waals surface area contributed by atoms with Crippen molar-refractivity contribution in [3.63, 3.8) is 0 Å². The molecule has 1 saturated heterocycles. The molecule has 3 N–H and O–H groups in total. The van der Waals surface area contributed by atoms with Gasteiger partial charge in [-0.05, 0) is 55.8 Å². The van der Waals surface area contributed by atoms with E-state index in [1.807, 2.05) is 42.5 Å². The zero-order valence-electron chi connectivity index (χ0n) is 18.8. The van der Waals surface area contributed by atoms with E-state index in [2.05, 4.69) is 20.2 Å². The Kier molecular flexibility index (Phi) is 7.98. The Labute approximate surface area is 189 Å². The lowest BCUT2D eigenvalue weighted by molar-refractivity contribution is 0.0608. The Morgan fingerprint density at radius 2 is 1.97 bits per heavy atom. The molecule has 0 bridgehead atoms. The number of nitrogens with one attached hydrogen (secondary N) is 2. The Morgan fingerprint density at radius 1 is 1.12 bits per heavy atom. The molecule has 2 heterocycles. The molecule has 2 aromatic carbocycles. The molecule has 0 unspecified atom stereocenters. The fraction of sp³-hybridized carbons (Fsp3) is 0.480. The van der Waals surface area contributed by atoms with Gasteiger partial charge in [-0.1, -0.05) is 24.6 Å². The molecule has 7 heteroatoms. The number of para-hydroxylation sites is 2. The lowest BCUT2D eigenvalue weighted by Crippen LogP contribution is -2.38. The molecule has 1 aliphatic heterocycles. The minimum Gasteiger partial charge on any atom is -0.493 e. The number of methoxy groups -OCH3 is 1. The number of aliphatic hydroxyl groups excluding tert-OH is 1. The van der Waals surface area contributed by atoms with Gasteiger partial charge in [-0.3, -0.25) is 0 Å². The molecule has 0 amide bonds. The fourth-order valence-corrected chi connectivity index (χ4v) is 4.19. The van der Waals surface area contributed by atoms with Gasteiger partial charge < -0.3 is 29.8 Å². The molecule has 7 nitrogen and oxygen atoms in total. The molecule has 3 aromatic rings. The number of piperidine rings is 1. The van der Waals surface area contributed by atoms with Crippen LogP contribution in [0.1, 0.15) is 30.7 Å². The topological polar surface area (TPSA) is 82.6 Å². The third kappa shape index (κ3) is 6.22. The van der Waals surface area contributed by atoms with Gasteiger partial charge in [0.05, 0.1) is 18.1 Å².